The molecule has 1 fully saturated rings. The molecule has 0 aliphatic carbocycles. The molecule has 1 aliphatic rings. The number of carbonyl (C=O) groups excluding carboxylic acids is 1. The van der Waals surface area contributed by atoms with E-state index < -0.39 is 77.7 Å². The van der Waals surface area contributed by atoms with Crippen molar-refractivity contribution in [3.63, 3.8) is 0 Å². The molecule has 0 spiro atoms. The van der Waals surface area contributed by atoms with Crippen LogP contribution in [0.5, 0.6) is 5.88 Å². The number of halogens is 7. The van der Waals surface area contributed by atoms with E-state index in [4.69, 9.17) is 16.2 Å². The van der Waals surface area contributed by atoms with Crippen molar-refractivity contribution in [3.05, 3.63) is 35.5 Å². The third kappa shape index (κ3) is 5.57. The van der Waals surface area contributed by atoms with Crippen molar-refractivity contribution in [2.75, 3.05) is 24.3 Å². The molecule has 3 rings (SSSR count). The summed E-state index contributed by atoms with van der Waals surface area (Å²) in [6.45, 7) is -0.272. The number of nitrogens with zero attached hydrogens (tertiary/aromatic N) is 3. The van der Waals surface area contributed by atoms with Gasteiger partial charge in [0.1, 0.15) is 17.3 Å². The van der Waals surface area contributed by atoms with Crippen molar-refractivity contribution in [1.29, 1.82) is 0 Å². The molecule has 0 radical (unpaired) electrons. The van der Waals surface area contributed by atoms with E-state index in [-0.39, 0.29) is 5.82 Å². The highest BCUT2D eigenvalue weighted by molar-refractivity contribution is 6.05. The van der Waals surface area contributed by atoms with Crippen molar-refractivity contribution in [1.82, 2.24) is 20.3 Å². The van der Waals surface area contributed by atoms with Gasteiger partial charge in [0, 0.05) is 0 Å². The number of pyridine rings is 1. The molecule has 0 aromatic carbocycles. The van der Waals surface area contributed by atoms with Crippen LogP contribution in [0.25, 0.3) is 0 Å². The number of amides is 1. The molecule has 3 heterocycles. The summed E-state index contributed by atoms with van der Waals surface area (Å²) in [7, 11) is 0. The second kappa shape index (κ2) is 9.29. The van der Waals surface area contributed by atoms with Gasteiger partial charge in [0.15, 0.2) is 23.7 Å². The number of aromatic nitrogens is 3. The van der Waals surface area contributed by atoms with Crippen molar-refractivity contribution < 1.29 is 45.0 Å². The van der Waals surface area contributed by atoms with Crippen LogP contribution in [0.4, 0.5) is 42.4 Å². The lowest BCUT2D eigenvalue weighted by Gasteiger charge is -2.48. The molecule has 36 heavy (non-hydrogen) atoms. The van der Waals surface area contributed by atoms with Crippen molar-refractivity contribution in [2.45, 2.75) is 43.5 Å². The second-order valence-corrected chi connectivity index (χ2v) is 8.17. The highest BCUT2D eigenvalue weighted by Crippen LogP contribution is 2.40. The SMILES string of the molecule is C[C@@]1(c2nc(NC(=O)c3ncc(OCC(F)(F)F)nc3N)ccc2F)CO[C@@](C)(C(F)(F)F)C(N)N1. The number of morpholine rings is 1. The molecule has 6 N–H and O–H groups in total. The first-order valence-electron chi connectivity index (χ1n) is 9.99. The first-order valence-corrected chi connectivity index (χ1v) is 9.99. The van der Waals surface area contributed by atoms with Gasteiger partial charge in [-0.3, -0.25) is 10.1 Å². The van der Waals surface area contributed by atoms with Crippen LogP contribution in [-0.4, -0.2) is 58.2 Å². The fourth-order valence-electron chi connectivity index (χ4n) is 3.16. The molecule has 1 amide bonds. The fourth-order valence-corrected chi connectivity index (χ4v) is 3.16. The molecule has 0 bridgehead atoms. The zero-order chi connectivity index (χ0) is 27.1. The Morgan fingerprint density at radius 3 is 2.47 bits per heavy atom. The maximum atomic E-state index is 14.6. The minimum atomic E-state index is -4.82. The fraction of sp³-hybridized carbons (Fsp3) is 0.474. The number of hydrogen-bond acceptors (Lipinski definition) is 9. The summed E-state index contributed by atoms with van der Waals surface area (Å²) < 4.78 is 101. The minimum Gasteiger partial charge on any atom is -0.467 e. The van der Waals surface area contributed by atoms with Gasteiger partial charge in [-0.25, -0.2) is 14.4 Å². The van der Waals surface area contributed by atoms with Gasteiger partial charge in [-0.1, -0.05) is 0 Å². The number of ether oxygens (including phenoxy) is 2. The number of carbonyl (C=O) groups is 1. The lowest BCUT2D eigenvalue weighted by atomic mass is 9.90. The molecule has 0 saturated carbocycles. The number of rotatable bonds is 5. The standard InChI is InChI=1S/C19H20F7N7O3/c1-16(6-36-17(2,15(28)33-16)19(24,25)26)12-8(20)3-4-9(30-12)31-14(34)11-13(27)32-10(5-29-11)35-7-18(21,22)23/h3-5,15,33H,6-7,28H2,1-2H3,(H2,27,32)(H,30,31,34)/t15?,16-,17+/m0/s1. The van der Waals surface area contributed by atoms with E-state index in [9.17, 15) is 35.5 Å². The Kier molecular flexibility index (Phi) is 7.04. The van der Waals surface area contributed by atoms with Gasteiger partial charge >= 0.3 is 12.4 Å². The number of nitrogen functional groups attached to an aromatic ring is 1. The summed E-state index contributed by atoms with van der Waals surface area (Å²) >= 11 is 0. The van der Waals surface area contributed by atoms with Crippen molar-refractivity contribution in [3.8, 4) is 5.88 Å². The quantitative estimate of drug-likeness (QED) is 0.429. The monoisotopic (exact) mass is 527 g/mol. The summed E-state index contributed by atoms with van der Waals surface area (Å²) in [6.07, 6.45) is -10.5. The molecule has 10 nitrogen and oxygen atoms in total. The zero-order valence-electron chi connectivity index (χ0n) is 18.6. The van der Waals surface area contributed by atoms with Crippen LogP contribution in [0.3, 0.4) is 0 Å². The Hall–Kier alpha value is -3.31. The molecule has 2 aromatic heterocycles. The van der Waals surface area contributed by atoms with Gasteiger partial charge < -0.3 is 26.3 Å². The van der Waals surface area contributed by atoms with Crippen LogP contribution in [0.1, 0.15) is 30.0 Å². The van der Waals surface area contributed by atoms with Crippen LogP contribution in [0, 0.1) is 5.82 Å². The predicted molar refractivity (Wildman–Crippen MR) is 109 cm³/mol. The maximum absolute atomic E-state index is 14.6. The van der Waals surface area contributed by atoms with Gasteiger partial charge in [0.25, 0.3) is 5.91 Å². The lowest BCUT2D eigenvalue weighted by molar-refractivity contribution is -0.301. The minimum absolute atomic E-state index is 0.254. The number of hydrogen-bond donors (Lipinski definition) is 4. The van der Waals surface area contributed by atoms with Crippen LogP contribution >= 0.6 is 0 Å². The lowest BCUT2D eigenvalue weighted by Crippen LogP contribution is -2.72. The Morgan fingerprint density at radius 1 is 1.25 bits per heavy atom. The van der Waals surface area contributed by atoms with Gasteiger partial charge in [-0.15, -0.1) is 0 Å². The number of alkyl halides is 6. The summed E-state index contributed by atoms with van der Waals surface area (Å²) in [4.78, 5) is 23.6. The molecule has 1 saturated heterocycles. The largest absolute Gasteiger partial charge is 0.467 e. The van der Waals surface area contributed by atoms with E-state index in [0.29, 0.717) is 0 Å². The summed E-state index contributed by atoms with van der Waals surface area (Å²) in [5, 5.41) is 4.73. The molecular weight excluding hydrogens is 507 g/mol. The normalized spacial score (nSPS) is 24.9. The third-order valence-electron chi connectivity index (χ3n) is 5.28. The van der Waals surface area contributed by atoms with Crippen LogP contribution < -0.4 is 26.8 Å². The molecule has 198 valence electrons. The Morgan fingerprint density at radius 2 is 1.92 bits per heavy atom. The van der Waals surface area contributed by atoms with Gasteiger partial charge in [0.05, 0.1) is 24.5 Å². The number of nitrogens with one attached hydrogen (secondary N) is 2. The van der Waals surface area contributed by atoms with Crippen molar-refractivity contribution in [2.24, 2.45) is 5.73 Å². The molecule has 1 aliphatic heterocycles. The summed E-state index contributed by atoms with van der Waals surface area (Å²) in [6, 6.07) is 1.95. The molecule has 1 unspecified atom stereocenters. The van der Waals surface area contributed by atoms with E-state index in [2.05, 4.69) is 30.3 Å². The smallest absolute Gasteiger partial charge is 0.422 e. The van der Waals surface area contributed by atoms with Gasteiger partial charge in [-0.05, 0) is 26.0 Å². The molecule has 2 aromatic rings. The van der Waals surface area contributed by atoms with E-state index in [1.54, 1.807) is 0 Å². The number of anilines is 2. The zero-order valence-corrected chi connectivity index (χ0v) is 18.6. The second-order valence-electron chi connectivity index (χ2n) is 8.17. The average molecular weight is 527 g/mol. The summed E-state index contributed by atoms with van der Waals surface area (Å²) in [5.41, 5.74) is 5.95. The highest BCUT2D eigenvalue weighted by atomic mass is 19.4. The highest BCUT2D eigenvalue weighted by Gasteiger charge is 2.61. The Balaban J connectivity index is 1.79. The van der Waals surface area contributed by atoms with E-state index in [1.165, 1.54) is 6.92 Å². The predicted octanol–water partition coefficient (Wildman–Crippen LogP) is 2.23. The third-order valence-corrected chi connectivity index (χ3v) is 5.28. The van der Waals surface area contributed by atoms with Crippen LogP contribution in [-0.2, 0) is 10.3 Å². The Bertz CT molecular complexity index is 1150. The van der Waals surface area contributed by atoms with E-state index in [0.717, 1.165) is 25.3 Å². The van der Waals surface area contributed by atoms with Crippen LogP contribution in [0.15, 0.2) is 18.3 Å². The molecule has 3 atom stereocenters. The summed E-state index contributed by atoms with van der Waals surface area (Å²) in [5.74, 6) is -3.34. The molecular formula is C19H20F7N7O3. The number of nitrogens with two attached hydrogens (primary N) is 2. The maximum Gasteiger partial charge on any atom is 0.422 e. The van der Waals surface area contributed by atoms with Gasteiger partial charge in [-0.2, -0.15) is 31.3 Å². The Labute approximate surface area is 198 Å². The van der Waals surface area contributed by atoms with Gasteiger partial charge in [0.2, 0.25) is 5.88 Å². The average Bonchev–Trinajstić information content (AvgIpc) is 2.75. The molecule has 17 heteroatoms. The first kappa shape index (κ1) is 27.3. The first-order chi connectivity index (χ1) is 16.4. The topological polar surface area (TPSA) is 150 Å². The van der Waals surface area contributed by atoms with E-state index in [1.807, 2.05) is 0 Å². The van der Waals surface area contributed by atoms with Crippen molar-refractivity contribution >= 4 is 17.5 Å². The van der Waals surface area contributed by atoms with E-state index >= 15 is 0 Å². The van der Waals surface area contributed by atoms with Crippen LogP contribution in [0.2, 0.25) is 0 Å².